The molecule has 12 aromatic rings. The summed E-state index contributed by atoms with van der Waals surface area (Å²) in [6.07, 6.45) is 7.61. The van der Waals surface area contributed by atoms with Gasteiger partial charge in [0.15, 0.2) is 0 Å². The van der Waals surface area contributed by atoms with Gasteiger partial charge in [-0.25, -0.2) is 0 Å². The van der Waals surface area contributed by atoms with Gasteiger partial charge in [-0.1, -0.05) is 79.7 Å². The summed E-state index contributed by atoms with van der Waals surface area (Å²) in [5, 5.41) is 35.9. The molecule has 8 aromatic heterocycles. The second kappa shape index (κ2) is 21.9. The Hall–Kier alpha value is -5.28. The summed E-state index contributed by atoms with van der Waals surface area (Å²) < 4.78 is 0. The molecule has 0 aliphatic heterocycles. The van der Waals surface area contributed by atoms with Gasteiger partial charge >= 0.3 is 0 Å². The first kappa shape index (κ1) is 51.5. The van der Waals surface area contributed by atoms with Crippen molar-refractivity contribution in [2.75, 3.05) is 19.6 Å². The van der Waals surface area contributed by atoms with Crippen molar-refractivity contribution in [2.24, 2.45) is 0 Å². The number of nitrogens with zero attached hydrogens (tertiary/aromatic N) is 4. The standard InChI is InChI=1S/C64H62N4S8/c1-9-39-31-69-35-55(39)65(47-21-25-73-59(47)13-5)51-29-52(66(48-22-26-74-60(48)14-6)56-36-70-32-40(56)10-2)44-19-20-46-54(68(50-24-28-76-62(50)16-8)58-38-72-34-42(58)12-4)30-53(45-18-17-43(51)63(44)64(45)46)67(49-23-27-75-61(49)15-7)57-37-71-33-41(57)11-3/h17-38H,9-16H2,1-8H3. The quantitative estimate of drug-likeness (QED) is 0.0705. The Labute approximate surface area is 480 Å². The maximum absolute atomic E-state index is 2.65. The average Bonchev–Trinajstić information content (AvgIpc) is 4.33. The van der Waals surface area contributed by atoms with E-state index in [4.69, 9.17) is 0 Å². The Morgan fingerprint density at radius 2 is 0.500 bits per heavy atom. The molecular weight excluding hydrogens is 1080 g/mol. The number of thiophene rings is 8. The first-order chi connectivity index (χ1) is 37.4. The summed E-state index contributed by atoms with van der Waals surface area (Å²) in [7, 11) is 0. The highest BCUT2D eigenvalue weighted by Crippen LogP contribution is 2.58. The van der Waals surface area contributed by atoms with Crippen LogP contribution in [0.15, 0.2) is 125 Å². The zero-order valence-electron chi connectivity index (χ0n) is 44.4. The predicted molar refractivity (Wildman–Crippen MR) is 347 cm³/mol. The molecule has 0 N–H and O–H groups in total. The molecule has 0 bridgehead atoms. The first-order valence-corrected chi connectivity index (χ1v) is 34.1. The molecule has 76 heavy (non-hydrogen) atoms. The average molecular weight is 1140 g/mol. The maximum atomic E-state index is 2.65. The maximum Gasteiger partial charge on any atom is 0.0601 e. The fourth-order valence-corrected chi connectivity index (χ4v) is 18.4. The van der Waals surface area contributed by atoms with E-state index in [1.807, 2.05) is 90.7 Å². The number of anilines is 12. The molecule has 0 radical (unpaired) electrons. The minimum atomic E-state index is 0.947. The third-order valence-electron chi connectivity index (χ3n) is 15.3. The molecule has 0 aliphatic carbocycles. The van der Waals surface area contributed by atoms with Crippen molar-refractivity contribution >= 4 is 191 Å². The highest BCUT2D eigenvalue weighted by molar-refractivity contribution is 7.12. The molecule has 0 aliphatic rings. The molecule has 0 atom stereocenters. The molecule has 4 nitrogen and oxygen atoms in total. The van der Waals surface area contributed by atoms with Crippen molar-refractivity contribution < 1.29 is 0 Å². The van der Waals surface area contributed by atoms with Gasteiger partial charge in [0.2, 0.25) is 0 Å². The van der Waals surface area contributed by atoms with E-state index in [0.29, 0.717) is 0 Å². The number of aryl methyl sites for hydroxylation is 8. The molecule has 0 saturated heterocycles. The van der Waals surface area contributed by atoms with E-state index in [2.05, 4.69) is 200 Å². The molecule has 0 amide bonds. The molecule has 386 valence electrons. The topological polar surface area (TPSA) is 13.0 Å². The normalized spacial score (nSPS) is 11.8. The Balaban J connectivity index is 1.32. The molecule has 0 spiro atoms. The van der Waals surface area contributed by atoms with E-state index in [1.165, 1.54) is 142 Å². The van der Waals surface area contributed by atoms with Crippen molar-refractivity contribution in [2.45, 2.75) is 107 Å². The van der Waals surface area contributed by atoms with Gasteiger partial charge in [0.1, 0.15) is 0 Å². The van der Waals surface area contributed by atoms with E-state index in [9.17, 15) is 0 Å². The fraction of sp³-hybridized carbons (Fsp3) is 0.250. The largest absolute Gasteiger partial charge is 0.308 e. The zero-order chi connectivity index (χ0) is 52.2. The van der Waals surface area contributed by atoms with Gasteiger partial charge in [-0.2, -0.15) is 0 Å². The van der Waals surface area contributed by atoms with Crippen LogP contribution in [0.1, 0.15) is 97.2 Å². The Morgan fingerprint density at radius 3 is 0.711 bits per heavy atom. The van der Waals surface area contributed by atoms with E-state index < -0.39 is 0 Å². The fourth-order valence-electron chi connectivity index (χ4n) is 11.5. The molecular formula is C64H62N4S8. The molecule has 4 aromatic carbocycles. The molecule has 8 heterocycles. The highest BCUT2D eigenvalue weighted by atomic mass is 32.1. The lowest BCUT2D eigenvalue weighted by molar-refractivity contribution is 1.11. The lowest BCUT2D eigenvalue weighted by Crippen LogP contribution is -2.17. The summed E-state index contributed by atoms with van der Waals surface area (Å²) in [6.45, 7) is 18.5. The summed E-state index contributed by atoms with van der Waals surface area (Å²) in [4.78, 5) is 16.2. The number of rotatable bonds is 20. The number of benzene rings is 4. The summed E-state index contributed by atoms with van der Waals surface area (Å²) in [5.74, 6) is 0. The van der Waals surface area contributed by atoms with Crippen molar-refractivity contribution in [1.29, 1.82) is 0 Å². The van der Waals surface area contributed by atoms with Gasteiger partial charge in [0.25, 0.3) is 0 Å². The van der Waals surface area contributed by atoms with Crippen LogP contribution in [-0.2, 0) is 51.4 Å². The Morgan fingerprint density at radius 1 is 0.263 bits per heavy atom. The van der Waals surface area contributed by atoms with Crippen molar-refractivity contribution in [3.05, 3.63) is 167 Å². The summed E-state index contributed by atoms with van der Waals surface area (Å²) >= 11 is 14.8. The lowest BCUT2D eigenvalue weighted by Gasteiger charge is -2.34. The smallest absolute Gasteiger partial charge is 0.0601 e. The van der Waals surface area contributed by atoms with E-state index in [-0.39, 0.29) is 0 Å². The van der Waals surface area contributed by atoms with Gasteiger partial charge < -0.3 is 19.6 Å². The number of hydrogen-bond acceptors (Lipinski definition) is 12. The highest BCUT2D eigenvalue weighted by Gasteiger charge is 2.33. The lowest BCUT2D eigenvalue weighted by atomic mass is 9.89. The van der Waals surface area contributed by atoms with Gasteiger partial charge in [-0.15, -0.1) is 90.7 Å². The summed E-state index contributed by atoms with van der Waals surface area (Å²) in [6, 6.07) is 24.6. The molecule has 12 rings (SSSR count). The Kier molecular flexibility index (Phi) is 14.8. The predicted octanol–water partition coefficient (Wildman–Crippen LogP) is 23.5. The van der Waals surface area contributed by atoms with Crippen LogP contribution in [-0.4, -0.2) is 0 Å². The first-order valence-electron chi connectivity index (χ1n) is 26.8. The van der Waals surface area contributed by atoms with Crippen LogP contribution in [0.2, 0.25) is 0 Å². The zero-order valence-corrected chi connectivity index (χ0v) is 50.9. The Bertz CT molecular complexity index is 3290. The SMILES string of the molecule is CCc1cscc1N(c1ccsc1CC)c1cc(N(c2cscc2CC)c2ccsc2CC)c2ccc3c(N(c4cscc4CC)c4ccsc4CC)cc(N(c4cscc4CC)c4ccsc4CC)c4ccc1c2c43. The van der Waals surface area contributed by atoms with Crippen LogP contribution in [0.3, 0.4) is 0 Å². The third-order valence-corrected chi connectivity index (χ3v) is 22.6. The van der Waals surface area contributed by atoms with Crippen LogP contribution in [0.25, 0.3) is 32.3 Å². The van der Waals surface area contributed by atoms with Gasteiger partial charge in [0, 0.05) is 73.3 Å². The second-order valence-corrected chi connectivity index (χ2v) is 26.1. The van der Waals surface area contributed by atoms with E-state index in [0.717, 1.165) is 51.4 Å². The monoisotopic (exact) mass is 1140 g/mol. The van der Waals surface area contributed by atoms with Gasteiger partial charge in [-0.05, 0) is 153 Å². The molecule has 0 saturated carbocycles. The minimum Gasteiger partial charge on any atom is -0.308 e. The van der Waals surface area contributed by atoms with Crippen LogP contribution >= 0.6 is 90.7 Å². The molecule has 0 unspecified atom stereocenters. The van der Waals surface area contributed by atoms with Crippen LogP contribution in [0.5, 0.6) is 0 Å². The minimum absolute atomic E-state index is 0.947. The second-order valence-electron chi connectivity index (χ2n) is 19.1. The van der Waals surface area contributed by atoms with E-state index in [1.54, 1.807) is 0 Å². The summed E-state index contributed by atoms with van der Waals surface area (Å²) in [5.41, 5.74) is 20.4. The van der Waals surface area contributed by atoms with Crippen LogP contribution in [0, 0.1) is 0 Å². The van der Waals surface area contributed by atoms with Crippen LogP contribution in [0.4, 0.5) is 68.2 Å². The van der Waals surface area contributed by atoms with Gasteiger partial charge in [0.05, 0.1) is 68.2 Å². The van der Waals surface area contributed by atoms with E-state index >= 15 is 0 Å². The number of hydrogen-bond donors (Lipinski definition) is 0. The van der Waals surface area contributed by atoms with Gasteiger partial charge in [-0.3, -0.25) is 0 Å². The van der Waals surface area contributed by atoms with Crippen molar-refractivity contribution in [3.8, 4) is 0 Å². The van der Waals surface area contributed by atoms with Crippen molar-refractivity contribution in [3.63, 3.8) is 0 Å². The molecule has 12 heteroatoms. The molecule has 0 fully saturated rings. The van der Waals surface area contributed by atoms with Crippen LogP contribution < -0.4 is 19.6 Å². The third kappa shape index (κ3) is 8.49. The van der Waals surface area contributed by atoms with Crippen molar-refractivity contribution in [1.82, 2.24) is 0 Å².